The summed E-state index contributed by atoms with van der Waals surface area (Å²) in [7, 11) is 0. The lowest BCUT2D eigenvalue weighted by Crippen LogP contribution is -2.57. The van der Waals surface area contributed by atoms with Gasteiger partial charge in [0.05, 0.1) is 12.5 Å². The molecule has 4 atom stereocenters. The van der Waals surface area contributed by atoms with E-state index in [4.69, 9.17) is 11.5 Å². The zero-order valence-corrected chi connectivity index (χ0v) is 20.0. The third kappa shape index (κ3) is 8.75. The molecule has 0 spiro atoms. The molecule has 1 fully saturated rings. The molecule has 1 aliphatic heterocycles. The summed E-state index contributed by atoms with van der Waals surface area (Å²) >= 11 is 0. The number of likely N-dealkylation sites (tertiary alicyclic amines) is 1. The Hall–Kier alpha value is -4.20. The van der Waals surface area contributed by atoms with Gasteiger partial charge in [-0.05, 0) is 43.4 Å². The molecule has 9 N–H and O–H groups in total. The summed E-state index contributed by atoms with van der Waals surface area (Å²) in [6.07, 6.45) is -0.725. The largest absolute Gasteiger partial charge is 0.508 e. The number of benzene rings is 1. The van der Waals surface area contributed by atoms with Crippen molar-refractivity contribution in [2.45, 2.75) is 62.7 Å². The molecule has 202 valence electrons. The molecule has 1 aromatic carbocycles. The number of carboxylic acids is 2. The van der Waals surface area contributed by atoms with Crippen LogP contribution in [-0.4, -0.2) is 86.5 Å². The summed E-state index contributed by atoms with van der Waals surface area (Å²) in [5, 5.41) is 32.6. The van der Waals surface area contributed by atoms with E-state index in [1.165, 1.54) is 12.1 Å². The van der Waals surface area contributed by atoms with E-state index in [0.29, 0.717) is 12.0 Å². The van der Waals surface area contributed by atoms with Gasteiger partial charge in [0, 0.05) is 13.0 Å². The molecule has 2 rings (SSSR count). The Labute approximate surface area is 212 Å². The van der Waals surface area contributed by atoms with Crippen LogP contribution in [0.2, 0.25) is 0 Å². The van der Waals surface area contributed by atoms with Crippen molar-refractivity contribution in [1.82, 2.24) is 15.5 Å². The number of aromatic hydroxyl groups is 1. The highest BCUT2D eigenvalue weighted by molar-refractivity contribution is 5.96. The number of aliphatic carboxylic acids is 2. The molecule has 1 saturated heterocycles. The number of phenols is 1. The zero-order chi connectivity index (χ0) is 27.7. The van der Waals surface area contributed by atoms with Crippen LogP contribution in [-0.2, 0) is 35.2 Å². The molecule has 1 aromatic rings. The number of rotatable bonds is 13. The predicted molar refractivity (Wildman–Crippen MR) is 127 cm³/mol. The van der Waals surface area contributed by atoms with E-state index in [-0.39, 0.29) is 38.0 Å². The van der Waals surface area contributed by atoms with Gasteiger partial charge in [0.15, 0.2) is 0 Å². The topological polar surface area (TPSA) is 242 Å². The van der Waals surface area contributed by atoms with E-state index in [1.807, 2.05) is 0 Å². The summed E-state index contributed by atoms with van der Waals surface area (Å²) in [4.78, 5) is 73.9. The molecule has 0 bridgehead atoms. The number of nitrogens with one attached hydrogen (secondary N) is 2. The minimum Gasteiger partial charge on any atom is -0.508 e. The Morgan fingerprint density at radius 1 is 1.00 bits per heavy atom. The fourth-order valence-corrected chi connectivity index (χ4v) is 3.95. The lowest BCUT2D eigenvalue weighted by molar-refractivity contribution is -0.150. The van der Waals surface area contributed by atoms with Crippen molar-refractivity contribution in [2.75, 3.05) is 6.54 Å². The first-order chi connectivity index (χ1) is 17.4. The van der Waals surface area contributed by atoms with Crippen LogP contribution in [0, 0.1) is 0 Å². The minimum absolute atomic E-state index is 0.0176. The monoisotopic (exact) mass is 521 g/mol. The molecular formula is C23H31N5O9. The highest BCUT2D eigenvalue weighted by Gasteiger charge is 2.38. The second-order valence-electron chi connectivity index (χ2n) is 8.73. The molecule has 0 radical (unpaired) electrons. The van der Waals surface area contributed by atoms with E-state index in [0.717, 1.165) is 4.90 Å². The van der Waals surface area contributed by atoms with E-state index < -0.39 is 66.2 Å². The Morgan fingerprint density at radius 3 is 2.19 bits per heavy atom. The summed E-state index contributed by atoms with van der Waals surface area (Å²) in [5.74, 6) is -6.00. The normalized spacial score (nSPS) is 17.3. The van der Waals surface area contributed by atoms with Gasteiger partial charge in [-0.1, -0.05) is 12.1 Å². The van der Waals surface area contributed by atoms with Gasteiger partial charge in [0.2, 0.25) is 23.6 Å². The Morgan fingerprint density at radius 2 is 1.62 bits per heavy atom. The molecular weight excluding hydrogens is 490 g/mol. The Bertz CT molecular complexity index is 1030. The zero-order valence-electron chi connectivity index (χ0n) is 20.0. The minimum atomic E-state index is -1.62. The number of nitrogens with two attached hydrogens (primary N) is 2. The van der Waals surface area contributed by atoms with E-state index in [1.54, 1.807) is 12.1 Å². The molecule has 1 heterocycles. The van der Waals surface area contributed by atoms with Gasteiger partial charge in [-0.3, -0.25) is 24.0 Å². The van der Waals surface area contributed by atoms with Crippen LogP contribution in [0.4, 0.5) is 0 Å². The van der Waals surface area contributed by atoms with Gasteiger partial charge in [-0.15, -0.1) is 0 Å². The second-order valence-corrected chi connectivity index (χ2v) is 8.73. The molecule has 4 unspecified atom stereocenters. The number of hydrogen-bond donors (Lipinski definition) is 7. The molecule has 1 aliphatic rings. The van der Waals surface area contributed by atoms with Crippen LogP contribution in [0.3, 0.4) is 0 Å². The highest BCUT2D eigenvalue weighted by Crippen LogP contribution is 2.20. The molecule has 14 heteroatoms. The van der Waals surface area contributed by atoms with Gasteiger partial charge < -0.3 is 42.3 Å². The maximum Gasteiger partial charge on any atom is 0.326 e. The maximum atomic E-state index is 13.1. The first-order valence-electron chi connectivity index (χ1n) is 11.6. The summed E-state index contributed by atoms with van der Waals surface area (Å²) in [5.41, 5.74) is 11.7. The lowest BCUT2D eigenvalue weighted by atomic mass is 10.0. The second kappa shape index (κ2) is 13.2. The van der Waals surface area contributed by atoms with Crippen molar-refractivity contribution >= 4 is 35.6 Å². The third-order valence-electron chi connectivity index (χ3n) is 5.86. The van der Waals surface area contributed by atoms with Crippen LogP contribution < -0.4 is 22.1 Å². The molecule has 0 aromatic heterocycles. The van der Waals surface area contributed by atoms with Crippen molar-refractivity contribution in [3.63, 3.8) is 0 Å². The predicted octanol–water partition coefficient (Wildman–Crippen LogP) is -1.95. The van der Waals surface area contributed by atoms with Crippen LogP contribution in [0.5, 0.6) is 5.75 Å². The maximum absolute atomic E-state index is 13.1. The standard InChI is InChI=1S/C23H31N5O9/c24-14(10-12-3-5-13(29)6-4-12)20(33)27-16(11-19(31)32)21(34)26-15(7-8-18(25)30)22(35)28-9-1-2-17(28)23(36)37/h3-6,14-17,29H,1-2,7-11,24H2,(H2,25,30)(H,26,34)(H,27,33)(H,31,32)(H,36,37). The quantitative estimate of drug-likeness (QED) is 0.151. The number of carbonyl (C=O) groups excluding carboxylic acids is 4. The van der Waals surface area contributed by atoms with Gasteiger partial charge in [0.1, 0.15) is 23.9 Å². The van der Waals surface area contributed by atoms with Gasteiger partial charge >= 0.3 is 11.9 Å². The van der Waals surface area contributed by atoms with Crippen molar-refractivity contribution < 1.29 is 44.1 Å². The molecule has 14 nitrogen and oxygen atoms in total. The first-order valence-corrected chi connectivity index (χ1v) is 11.6. The van der Waals surface area contributed by atoms with Crippen molar-refractivity contribution in [3.05, 3.63) is 29.8 Å². The van der Waals surface area contributed by atoms with Crippen molar-refractivity contribution in [1.29, 1.82) is 0 Å². The Balaban J connectivity index is 2.14. The van der Waals surface area contributed by atoms with Crippen molar-refractivity contribution in [2.24, 2.45) is 11.5 Å². The first kappa shape index (κ1) is 29.0. The summed E-state index contributed by atoms with van der Waals surface area (Å²) < 4.78 is 0. The number of carboxylic acid groups (broad SMARTS) is 2. The summed E-state index contributed by atoms with van der Waals surface area (Å²) in [6.45, 7) is 0.125. The smallest absolute Gasteiger partial charge is 0.326 e. The van der Waals surface area contributed by atoms with Crippen LogP contribution in [0.25, 0.3) is 0 Å². The van der Waals surface area contributed by atoms with Crippen molar-refractivity contribution in [3.8, 4) is 5.75 Å². The van der Waals surface area contributed by atoms with Crippen LogP contribution in [0.15, 0.2) is 24.3 Å². The molecule has 37 heavy (non-hydrogen) atoms. The molecule has 4 amide bonds. The number of carbonyl (C=O) groups is 6. The van der Waals surface area contributed by atoms with E-state index in [2.05, 4.69) is 10.6 Å². The number of nitrogens with zero attached hydrogens (tertiary/aromatic N) is 1. The SMILES string of the molecule is NC(=O)CCC(NC(=O)C(CC(=O)O)NC(=O)C(N)Cc1ccc(O)cc1)C(=O)N1CCCC1C(=O)O. The van der Waals surface area contributed by atoms with Gasteiger partial charge in [-0.25, -0.2) is 4.79 Å². The Kier molecular flexibility index (Phi) is 10.4. The van der Waals surface area contributed by atoms with Gasteiger partial charge in [0.25, 0.3) is 0 Å². The van der Waals surface area contributed by atoms with E-state index in [9.17, 15) is 44.1 Å². The third-order valence-corrected chi connectivity index (χ3v) is 5.86. The number of hydrogen-bond acceptors (Lipinski definition) is 8. The fourth-order valence-electron chi connectivity index (χ4n) is 3.95. The number of phenolic OH excluding ortho intramolecular Hbond substituents is 1. The fraction of sp³-hybridized carbons (Fsp3) is 0.478. The average Bonchev–Trinajstić information content (AvgIpc) is 3.32. The summed E-state index contributed by atoms with van der Waals surface area (Å²) in [6, 6.07) is 0.629. The average molecular weight is 522 g/mol. The van der Waals surface area contributed by atoms with Crippen LogP contribution >= 0.6 is 0 Å². The lowest BCUT2D eigenvalue weighted by Gasteiger charge is -2.28. The van der Waals surface area contributed by atoms with E-state index >= 15 is 0 Å². The molecule has 0 aliphatic carbocycles. The molecule has 0 saturated carbocycles. The van der Waals surface area contributed by atoms with Crippen LogP contribution in [0.1, 0.15) is 37.7 Å². The number of amides is 4. The van der Waals surface area contributed by atoms with Gasteiger partial charge in [-0.2, -0.15) is 0 Å². The highest BCUT2D eigenvalue weighted by atomic mass is 16.4. The number of primary amides is 1.